The van der Waals surface area contributed by atoms with Crippen LogP contribution in [-0.4, -0.2) is 75.3 Å². The van der Waals surface area contributed by atoms with E-state index >= 15 is 0 Å². The maximum Gasteiger partial charge on any atom is 0.407 e. The summed E-state index contributed by atoms with van der Waals surface area (Å²) in [4.78, 5) is 56.2. The minimum Gasteiger partial charge on any atom is -0.490 e. The zero-order chi connectivity index (χ0) is 33.8. The molecule has 0 aliphatic carbocycles. The fourth-order valence-corrected chi connectivity index (χ4v) is 4.50. The van der Waals surface area contributed by atoms with Crippen molar-refractivity contribution in [3.8, 4) is 16.9 Å². The van der Waals surface area contributed by atoms with Crippen molar-refractivity contribution in [2.24, 2.45) is 7.05 Å². The van der Waals surface area contributed by atoms with Crippen molar-refractivity contribution in [1.82, 2.24) is 15.1 Å². The number of nitrogens with one attached hydrogen (secondary N) is 1. The molecule has 3 amide bonds. The lowest BCUT2D eigenvalue weighted by atomic mass is 10.1. The highest BCUT2D eigenvalue weighted by atomic mass is 16.7. The molecule has 2 unspecified atom stereocenters. The van der Waals surface area contributed by atoms with Gasteiger partial charge in [-0.1, -0.05) is 24.3 Å². The Kier molecular flexibility index (Phi) is 10.2. The third-order valence-electron chi connectivity index (χ3n) is 6.55. The number of aliphatic hydroxyl groups is 1. The molecule has 0 radical (unpaired) electrons. The van der Waals surface area contributed by atoms with E-state index in [2.05, 4.69) is 5.32 Å². The molecule has 1 aliphatic heterocycles. The van der Waals surface area contributed by atoms with Gasteiger partial charge in [-0.2, -0.15) is 4.68 Å². The van der Waals surface area contributed by atoms with Gasteiger partial charge >= 0.3 is 12.1 Å². The van der Waals surface area contributed by atoms with E-state index in [9.17, 15) is 24.3 Å². The van der Waals surface area contributed by atoms with Gasteiger partial charge < -0.3 is 24.6 Å². The summed E-state index contributed by atoms with van der Waals surface area (Å²) < 4.78 is 20.1. The first kappa shape index (κ1) is 34.1. The average molecular weight is 638 g/mol. The van der Waals surface area contributed by atoms with E-state index in [0.717, 1.165) is 11.1 Å². The maximum absolute atomic E-state index is 13.0. The number of ether oxygens (including phenoxy) is 3. The topological polar surface area (TPSA) is 150 Å². The SMILES string of the molecule is C[n+]1cc(-c2ccc(OCC(ON3C(=O)c4ccccc4C3=O)C(=O)OC(C)(C)C)cc2)cn1CC(O)CNC(=O)OC(C)(C)C. The largest absolute Gasteiger partial charge is 0.490 e. The Morgan fingerprint density at radius 2 is 1.48 bits per heavy atom. The molecule has 1 aromatic heterocycles. The van der Waals surface area contributed by atoms with E-state index < -0.39 is 47.3 Å². The molecule has 246 valence electrons. The Bertz CT molecular complexity index is 1550. The number of carbonyl (C=O) groups excluding carboxylic acids is 4. The number of benzene rings is 2. The first-order valence-corrected chi connectivity index (χ1v) is 14.8. The Hall–Kier alpha value is -4.75. The third kappa shape index (κ3) is 8.92. The van der Waals surface area contributed by atoms with Crippen LogP contribution in [0, 0.1) is 0 Å². The molecular weight excluding hydrogens is 596 g/mol. The van der Waals surface area contributed by atoms with Gasteiger partial charge in [-0.3, -0.25) is 9.59 Å². The van der Waals surface area contributed by atoms with Crippen molar-refractivity contribution in [3.05, 3.63) is 72.1 Å². The first-order chi connectivity index (χ1) is 21.5. The van der Waals surface area contributed by atoms with Gasteiger partial charge in [-0.05, 0) is 71.4 Å². The van der Waals surface area contributed by atoms with Gasteiger partial charge in [-0.15, -0.1) is 9.75 Å². The van der Waals surface area contributed by atoms with E-state index in [-0.39, 0.29) is 30.8 Å². The molecule has 2 N–H and O–H groups in total. The highest BCUT2D eigenvalue weighted by Crippen LogP contribution is 2.25. The zero-order valence-corrected chi connectivity index (χ0v) is 27.1. The molecule has 4 rings (SSSR count). The summed E-state index contributed by atoms with van der Waals surface area (Å²) in [7, 11) is 1.83. The molecule has 0 fully saturated rings. The van der Waals surface area contributed by atoms with Crippen LogP contribution in [0.25, 0.3) is 11.1 Å². The normalized spacial score (nSPS) is 14.5. The second kappa shape index (κ2) is 13.7. The molecule has 0 bridgehead atoms. The Balaban J connectivity index is 1.38. The monoisotopic (exact) mass is 637 g/mol. The fourth-order valence-electron chi connectivity index (χ4n) is 4.50. The number of alkyl carbamates (subject to hydrolysis) is 1. The summed E-state index contributed by atoms with van der Waals surface area (Å²) in [5.41, 5.74) is 0.602. The van der Waals surface area contributed by atoms with Crippen LogP contribution in [0.3, 0.4) is 0 Å². The third-order valence-corrected chi connectivity index (χ3v) is 6.55. The number of hydrogen-bond acceptors (Lipinski definition) is 9. The second-order valence-corrected chi connectivity index (χ2v) is 12.9. The molecule has 0 saturated heterocycles. The number of rotatable bonds is 11. The van der Waals surface area contributed by atoms with Gasteiger partial charge in [0.15, 0.2) is 7.05 Å². The molecule has 46 heavy (non-hydrogen) atoms. The number of esters is 1. The van der Waals surface area contributed by atoms with Crippen molar-refractivity contribution in [2.75, 3.05) is 13.2 Å². The maximum atomic E-state index is 13.0. The number of aliphatic hydroxyl groups excluding tert-OH is 1. The number of carbonyl (C=O) groups is 4. The second-order valence-electron chi connectivity index (χ2n) is 12.9. The lowest BCUT2D eigenvalue weighted by molar-refractivity contribution is -0.754. The predicted octanol–water partition coefficient (Wildman–Crippen LogP) is 3.18. The van der Waals surface area contributed by atoms with Crippen molar-refractivity contribution in [2.45, 2.75) is 71.5 Å². The molecule has 2 heterocycles. The van der Waals surface area contributed by atoms with Gasteiger partial charge in [0.05, 0.1) is 29.0 Å². The minimum absolute atomic E-state index is 0.0233. The van der Waals surface area contributed by atoms with Gasteiger partial charge in [0, 0.05) is 6.54 Å². The molecule has 13 heteroatoms. The molecule has 3 aromatic rings. The summed E-state index contributed by atoms with van der Waals surface area (Å²) in [5, 5.41) is 13.6. The van der Waals surface area contributed by atoms with Crippen LogP contribution >= 0.6 is 0 Å². The number of hydroxylamine groups is 2. The van der Waals surface area contributed by atoms with Gasteiger partial charge in [0.25, 0.3) is 11.8 Å². The van der Waals surface area contributed by atoms with Crippen LogP contribution in [0.1, 0.15) is 62.3 Å². The van der Waals surface area contributed by atoms with Crippen LogP contribution in [0.2, 0.25) is 0 Å². The van der Waals surface area contributed by atoms with Crippen molar-refractivity contribution in [1.29, 1.82) is 0 Å². The summed E-state index contributed by atoms with van der Waals surface area (Å²) in [5.74, 6) is -1.73. The number of amides is 3. The molecular formula is C33H41N4O9+. The minimum atomic E-state index is -1.41. The smallest absolute Gasteiger partial charge is 0.407 e. The van der Waals surface area contributed by atoms with Crippen molar-refractivity contribution >= 4 is 23.9 Å². The van der Waals surface area contributed by atoms with E-state index in [1.807, 2.05) is 40.9 Å². The Labute approximate surface area is 267 Å². The van der Waals surface area contributed by atoms with E-state index in [0.29, 0.717) is 10.8 Å². The zero-order valence-electron chi connectivity index (χ0n) is 27.1. The quantitative estimate of drug-likeness (QED) is 0.184. The van der Waals surface area contributed by atoms with E-state index in [1.54, 1.807) is 65.8 Å². The van der Waals surface area contributed by atoms with E-state index in [1.165, 1.54) is 12.1 Å². The number of aryl methyl sites for hydroxylation is 1. The summed E-state index contributed by atoms with van der Waals surface area (Å²) in [6.07, 6.45) is 0.888. The van der Waals surface area contributed by atoms with Gasteiger partial charge in [0.2, 0.25) is 12.3 Å². The van der Waals surface area contributed by atoms with Crippen LogP contribution in [0.5, 0.6) is 5.75 Å². The summed E-state index contributed by atoms with van der Waals surface area (Å²) in [6.45, 7) is 10.3. The molecule has 2 atom stereocenters. The van der Waals surface area contributed by atoms with Crippen LogP contribution in [0.4, 0.5) is 4.79 Å². The average Bonchev–Trinajstić information content (AvgIpc) is 3.44. The highest BCUT2D eigenvalue weighted by Gasteiger charge is 2.40. The van der Waals surface area contributed by atoms with Crippen molar-refractivity contribution < 1.29 is 48.0 Å². The first-order valence-electron chi connectivity index (χ1n) is 14.8. The predicted molar refractivity (Wildman–Crippen MR) is 164 cm³/mol. The molecule has 0 saturated carbocycles. The summed E-state index contributed by atoms with van der Waals surface area (Å²) in [6, 6.07) is 13.4. The van der Waals surface area contributed by atoms with E-state index in [4.69, 9.17) is 19.0 Å². The fraction of sp³-hybridized carbons (Fsp3) is 0.424. The summed E-state index contributed by atoms with van der Waals surface area (Å²) >= 11 is 0. The van der Waals surface area contributed by atoms with Gasteiger partial charge in [0.1, 0.15) is 30.1 Å². The number of imide groups is 1. The molecule has 2 aromatic carbocycles. The number of nitrogens with zero attached hydrogens (tertiary/aromatic N) is 3. The molecule has 1 aliphatic rings. The Morgan fingerprint density at radius 1 is 0.891 bits per heavy atom. The van der Waals surface area contributed by atoms with Crippen LogP contribution in [0.15, 0.2) is 60.9 Å². The molecule has 0 spiro atoms. The standard InChI is InChI=1S/C33H40N4O9/c1-32(2,3)44-30(41)27(46-37-28(39)25-10-8-9-11-26(25)29(37)40)20-43-24-14-12-21(13-15-24)22-17-35(7)36(18-22)19-23(38)16-34-31(42)45-33(4,5)6/h8-15,17-18,23,27,38H,16,19-20H2,1-7H3/p+1. The molecule has 13 nitrogen and oxygen atoms in total. The number of hydrogen-bond donors (Lipinski definition) is 2. The lowest BCUT2D eigenvalue weighted by Gasteiger charge is -2.26. The van der Waals surface area contributed by atoms with Crippen LogP contribution in [-0.2, 0) is 32.7 Å². The number of aromatic nitrogens is 2. The lowest BCUT2D eigenvalue weighted by Crippen LogP contribution is -2.43. The Morgan fingerprint density at radius 3 is 2.04 bits per heavy atom. The highest BCUT2D eigenvalue weighted by molar-refractivity contribution is 6.20. The van der Waals surface area contributed by atoms with Crippen molar-refractivity contribution in [3.63, 3.8) is 0 Å². The number of fused-ring (bicyclic) bond motifs is 1. The van der Waals surface area contributed by atoms with Crippen LogP contribution < -0.4 is 14.7 Å². The van der Waals surface area contributed by atoms with Gasteiger partial charge in [-0.25, -0.2) is 14.4 Å².